The summed E-state index contributed by atoms with van der Waals surface area (Å²) in [6, 6.07) is 11.2. The number of likely N-dealkylation sites (tertiary alicyclic amines) is 1. The second-order valence-electron chi connectivity index (χ2n) is 6.81. The van der Waals surface area contributed by atoms with E-state index in [1.165, 1.54) is 36.9 Å². The Balaban J connectivity index is 1.34. The number of ether oxygens (including phenoxy) is 1. The summed E-state index contributed by atoms with van der Waals surface area (Å²) >= 11 is 1.44. The Morgan fingerprint density at radius 2 is 2.00 bits per heavy atom. The van der Waals surface area contributed by atoms with Crippen LogP contribution in [0.4, 0.5) is 5.13 Å². The third-order valence-corrected chi connectivity index (χ3v) is 5.50. The molecule has 1 N–H and O–H groups in total. The number of nitrogens with zero attached hydrogens (tertiary/aromatic N) is 2. The second kappa shape index (κ2) is 9.03. The van der Waals surface area contributed by atoms with Gasteiger partial charge >= 0.3 is 0 Å². The zero-order valence-corrected chi connectivity index (χ0v) is 16.4. The summed E-state index contributed by atoms with van der Waals surface area (Å²) in [4.78, 5) is 19.6. The fourth-order valence-electron chi connectivity index (χ4n) is 3.26. The number of thiazole rings is 1. The highest BCUT2D eigenvalue weighted by molar-refractivity contribution is 7.13. The lowest BCUT2D eigenvalue weighted by atomic mass is 10.1. The van der Waals surface area contributed by atoms with Gasteiger partial charge in [0, 0.05) is 17.5 Å². The van der Waals surface area contributed by atoms with Crippen molar-refractivity contribution in [1.82, 2.24) is 9.88 Å². The van der Waals surface area contributed by atoms with Crippen molar-refractivity contribution in [2.45, 2.75) is 32.4 Å². The third-order valence-electron chi connectivity index (χ3n) is 4.70. The maximum Gasteiger partial charge on any atom is 0.293 e. The molecule has 7 heteroatoms. The first kappa shape index (κ1) is 18.7. The average Bonchev–Trinajstić information content (AvgIpc) is 3.37. The molecule has 2 aromatic heterocycles. The van der Waals surface area contributed by atoms with Gasteiger partial charge in [-0.2, -0.15) is 0 Å². The van der Waals surface area contributed by atoms with E-state index in [9.17, 15) is 4.79 Å². The smallest absolute Gasteiger partial charge is 0.293 e. The lowest BCUT2D eigenvalue weighted by Gasteiger charge is -2.25. The minimum absolute atomic E-state index is 0.253. The van der Waals surface area contributed by atoms with Gasteiger partial charge < -0.3 is 9.15 Å². The van der Waals surface area contributed by atoms with Crippen molar-refractivity contribution in [1.29, 1.82) is 0 Å². The molecular weight excluding hydrogens is 374 g/mol. The topological polar surface area (TPSA) is 67.6 Å². The molecule has 0 bridgehead atoms. The SMILES string of the molecule is O=C(Nc1nc(CN2CCCCC2)cs1)c1occc1COc1ccccc1. The number of amides is 1. The van der Waals surface area contributed by atoms with Crippen molar-refractivity contribution < 1.29 is 13.9 Å². The quantitative estimate of drug-likeness (QED) is 0.633. The van der Waals surface area contributed by atoms with Gasteiger partial charge in [-0.1, -0.05) is 24.6 Å². The molecule has 1 amide bonds. The summed E-state index contributed by atoms with van der Waals surface area (Å²) in [7, 11) is 0. The molecule has 0 atom stereocenters. The van der Waals surface area contributed by atoms with Crippen molar-refractivity contribution in [2.24, 2.45) is 0 Å². The van der Waals surface area contributed by atoms with Gasteiger partial charge in [-0.05, 0) is 44.1 Å². The number of para-hydroxylation sites is 1. The molecule has 0 unspecified atom stereocenters. The minimum atomic E-state index is -0.310. The van der Waals surface area contributed by atoms with Crippen LogP contribution < -0.4 is 10.1 Å². The van der Waals surface area contributed by atoms with Gasteiger partial charge in [0.05, 0.1) is 12.0 Å². The number of hydrogen-bond acceptors (Lipinski definition) is 6. The first-order valence-corrected chi connectivity index (χ1v) is 10.4. The molecule has 28 heavy (non-hydrogen) atoms. The van der Waals surface area contributed by atoms with Crippen LogP contribution in [-0.2, 0) is 13.2 Å². The Labute approximate surface area is 168 Å². The van der Waals surface area contributed by atoms with E-state index < -0.39 is 0 Å². The highest BCUT2D eigenvalue weighted by atomic mass is 32.1. The number of carbonyl (C=O) groups is 1. The number of aromatic nitrogens is 1. The van der Waals surface area contributed by atoms with E-state index >= 15 is 0 Å². The number of anilines is 1. The van der Waals surface area contributed by atoms with E-state index in [-0.39, 0.29) is 18.3 Å². The lowest BCUT2D eigenvalue weighted by molar-refractivity contribution is 0.0993. The van der Waals surface area contributed by atoms with E-state index in [4.69, 9.17) is 9.15 Å². The summed E-state index contributed by atoms with van der Waals surface area (Å²) < 4.78 is 11.1. The predicted molar refractivity (Wildman–Crippen MR) is 109 cm³/mol. The van der Waals surface area contributed by atoms with E-state index in [0.717, 1.165) is 31.1 Å². The van der Waals surface area contributed by atoms with Crippen LogP contribution in [0.15, 0.2) is 52.5 Å². The Bertz CT molecular complexity index is 901. The number of furan rings is 1. The standard InChI is InChI=1S/C21H23N3O3S/c25-20(19-16(9-12-26-19)14-27-18-7-3-1-4-8-18)23-21-22-17(15-28-21)13-24-10-5-2-6-11-24/h1,3-4,7-9,12,15H,2,5-6,10-11,13-14H2,(H,22,23,25). The van der Waals surface area contributed by atoms with Crippen molar-refractivity contribution in [3.63, 3.8) is 0 Å². The first-order valence-electron chi connectivity index (χ1n) is 9.50. The molecule has 3 aromatic rings. The van der Waals surface area contributed by atoms with Gasteiger partial charge in [-0.15, -0.1) is 11.3 Å². The van der Waals surface area contributed by atoms with Crippen LogP contribution in [0.5, 0.6) is 5.75 Å². The van der Waals surface area contributed by atoms with Gasteiger partial charge in [-0.3, -0.25) is 15.0 Å². The molecule has 1 aliphatic rings. The Morgan fingerprint density at radius 1 is 1.18 bits per heavy atom. The van der Waals surface area contributed by atoms with Crippen molar-refractivity contribution in [3.05, 3.63) is 65.1 Å². The van der Waals surface area contributed by atoms with Gasteiger partial charge in [0.2, 0.25) is 0 Å². The largest absolute Gasteiger partial charge is 0.489 e. The van der Waals surface area contributed by atoms with Crippen molar-refractivity contribution in [3.8, 4) is 5.75 Å². The maximum atomic E-state index is 12.6. The fourth-order valence-corrected chi connectivity index (χ4v) is 3.96. The van der Waals surface area contributed by atoms with Crippen LogP contribution in [0.3, 0.4) is 0 Å². The Hall–Kier alpha value is -2.64. The summed E-state index contributed by atoms with van der Waals surface area (Å²) in [5.74, 6) is 0.691. The van der Waals surface area contributed by atoms with E-state index in [2.05, 4.69) is 15.2 Å². The number of nitrogens with one attached hydrogen (secondary N) is 1. The Kier molecular flexibility index (Phi) is 6.04. The summed E-state index contributed by atoms with van der Waals surface area (Å²) in [5.41, 5.74) is 1.70. The third kappa shape index (κ3) is 4.79. The van der Waals surface area contributed by atoms with Gasteiger partial charge in [0.1, 0.15) is 12.4 Å². The van der Waals surface area contributed by atoms with Crippen LogP contribution in [0, 0.1) is 0 Å². The molecule has 1 fully saturated rings. The zero-order chi connectivity index (χ0) is 19.2. The van der Waals surface area contributed by atoms with E-state index in [1.807, 2.05) is 35.7 Å². The predicted octanol–water partition coefficient (Wildman–Crippen LogP) is 4.55. The zero-order valence-electron chi connectivity index (χ0n) is 15.6. The lowest BCUT2D eigenvalue weighted by Crippen LogP contribution is -2.29. The fraction of sp³-hybridized carbons (Fsp3) is 0.333. The van der Waals surface area contributed by atoms with Crippen LogP contribution in [-0.4, -0.2) is 28.9 Å². The highest BCUT2D eigenvalue weighted by Crippen LogP contribution is 2.21. The van der Waals surface area contributed by atoms with Crippen LogP contribution >= 0.6 is 11.3 Å². The minimum Gasteiger partial charge on any atom is -0.489 e. The van der Waals surface area contributed by atoms with Gasteiger partial charge in [0.25, 0.3) is 5.91 Å². The maximum absolute atomic E-state index is 12.6. The average molecular weight is 398 g/mol. The molecule has 1 aliphatic heterocycles. The molecule has 1 aromatic carbocycles. The molecule has 3 heterocycles. The molecule has 146 valence electrons. The Morgan fingerprint density at radius 3 is 2.82 bits per heavy atom. The van der Waals surface area contributed by atoms with Crippen molar-refractivity contribution in [2.75, 3.05) is 18.4 Å². The molecule has 0 spiro atoms. The highest BCUT2D eigenvalue weighted by Gasteiger charge is 2.18. The van der Waals surface area contributed by atoms with Gasteiger partial charge in [-0.25, -0.2) is 4.98 Å². The molecule has 6 nitrogen and oxygen atoms in total. The molecule has 1 saturated heterocycles. The molecule has 0 radical (unpaired) electrons. The normalized spacial score (nSPS) is 14.7. The number of hydrogen-bond donors (Lipinski definition) is 1. The first-order chi connectivity index (χ1) is 13.8. The second-order valence-corrected chi connectivity index (χ2v) is 7.67. The molecule has 4 rings (SSSR count). The van der Waals surface area contributed by atoms with E-state index in [1.54, 1.807) is 6.07 Å². The number of carbonyl (C=O) groups excluding carboxylic acids is 1. The number of rotatable bonds is 7. The number of piperidine rings is 1. The van der Waals surface area contributed by atoms with Crippen LogP contribution in [0.1, 0.15) is 41.1 Å². The molecular formula is C21H23N3O3S. The monoisotopic (exact) mass is 397 g/mol. The molecule has 0 saturated carbocycles. The number of benzene rings is 1. The van der Waals surface area contributed by atoms with Crippen LogP contribution in [0.2, 0.25) is 0 Å². The van der Waals surface area contributed by atoms with Gasteiger partial charge in [0.15, 0.2) is 10.9 Å². The summed E-state index contributed by atoms with van der Waals surface area (Å²) in [6.07, 6.45) is 5.32. The van der Waals surface area contributed by atoms with Crippen molar-refractivity contribution >= 4 is 22.4 Å². The molecule has 0 aliphatic carbocycles. The summed E-state index contributed by atoms with van der Waals surface area (Å²) in [5, 5.41) is 5.43. The van der Waals surface area contributed by atoms with E-state index in [0.29, 0.717) is 10.7 Å². The van der Waals surface area contributed by atoms with Crippen LogP contribution in [0.25, 0.3) is 0 Å². The summed E-state index contributed by atoms with van der Waals surface area (Å²) in [6.45, 7) is 3.34.